The zero-order valence-corrected chi connectivity index (χ0v) is 10.5. The summed E-state index contributed by atoms with van der Waals surface area (Å²) in [6, 6.07) is 0. The second kappa shape index (κ2) is 5.16. The average Bonchev–Trinajstić information content (AvgIpc) is 2.01. The molecule has 0 spiro atoms. The predicted octanol–water partition coefficient (Wildman–Crippen LogP) is 3.69. The Kier molecular flexibility index (Phi) is 4.43. The van der Waals surface area contributed by atoms with Crippen LogP contribution in [0.15, 0.2) is 0 Å². The minimum atomic E-state index is 0.386. The number of nitrogens with zero attached hydrogens (tertiary/aromatic N) is 1. The molecular weight excluding hydrogens is 170 g/mol. The molecule has 0 heterocycles. The highest BCUT2D eigenvalue weighted by molar-refractivity contribution is 4.86. The highest BCUT2D eigenvalue weighted by Gasteiger charge is 2.30. The van der Waals surface area contributed by atoms with Crippen molar-refractivity contribution in [3.8, 4) is 0 Å². The minimum Gasteiger partial charge on any atom is -0.304 e. The first-order valence-corrected chi connectivity index (χ1v) is 6.22. The van der Waals surface area contributed by atoms with Gasteiger partial charge in [-0.3, -0.25) is 0 Å². The lowest BCUT2D eigenvalue weighted by Crippen LogP contribution is -2.45. The van der Waals surface area contributed by atoms with Crippen molar-refractivity contribution in [1.29, 1.82) is 0 Å². The third-order valence-corrected chi connectivity index (χ3v) is 4.26. The van der Waals surface area contributed by atoms with Gasteiger partial charge in [0.2, 0.25) is 0 Å². The highest BCUT2D eigenvalue weighted by Crippen LogP contribution is 2.33. The second-order valence-corrected chi connectivity index (χ2v) is 5.59. The van der Waals surface area contributed by atoms with Crippen molar-refractivity contribution in [2.45, 2.75) is 64.3 Å². The fourth-order valence-electron chi connectivity index (χ4n) is 2.53. The normalized spacial score (nSPS) is 22.1. The molecule has 1 saturated carbocycles. The Balaban J connectivity index is 2.54. The summed E-state index contributed by atoms with van der Waals surface area (Å²) >= 11 is 0. The van der Waals surface area contributed by atoms with E-state index in [-0.39, 0.29) is 0 Å². The zero-order valence-electron chi connectivity index (χ0n) is 10.5. The summed E-state index contributed by atoms with van der Waals surface area (Å²) in [5, 5.41) is 0. The molecule has 0 atom stereocenters. The van der Waals surface area contributed by atoms with Gasteiger partial charge in [0.15, 0.2) is 0 Å². The van der Waals surface area contributed by atoms with Gasteiger partial charge in [-0.15, -0.1) is 0 Å². The third kappa shape index (κ3) is 2.98. The van der Waals surface area contributed by atoms with Crippen LogP contribution in [0.2, 0.25) is 0 Å². The molecule has 0 N–H and O–H groups in total. The van der Waals surface area contributed by atoms with Crippen molar-refractivity contribution in [3.05, 3.63) is 0 Å². The lowest BCUT2D eigenvalue weighted by molar-refractivity contribution is 0.0961. The highest BCUT2D eigenvalue weighted by atomic mass is 15.1. The smallest absolute Gasteiger partial charge is 0.0175 e. The van der Waals surface area contributed by atoms with Gasteiger partial charge in [-0.2, -0.15) is 0 Å². The molecule has 1 fully saturated rings. The number of rotatable bonds is 2. The van der Waals surface area contributed by atoms with E-state index >= 15 is 0 Å². The summed E-state index contributed by atoms with van der Waals surface area (Å²) in [6.07, 6.45) is 10.1. The molecule has 0 aromatic heterocycles. The second-order valence-electron chi connectivity index (χ2n) is 5.59. The maximum absolute atomic E-state index is 2.40. The van der Waals surface area contributed by atoms with Gasteiger partial charge < -0.3 is 4.90 Å². The molecule has 1 heteroatoms. The monoisotopic (exact) mass is 197 g/mol. The van der Waals surface area contributed by atoms with E-state index in [0.29, 0.717) is 5.54 Å². The van der Waals surface area contributed by atoms with E-state index in [1.807, 2.05) is 0 Å². The van der Waals surface area contributed by atoms with Crippen LogP contribution in [0.4, 0.5) is 0 Å². The molecule has 1 rings (SSSR count). The lowest BCUT2D eigenvalue weighted by atomic mass is 9.78. The molecule has 0 aromatic carbocycles. The Bertz CT molecular complexity index is 153. The molecule has 0 aliphatic heterocycles. The van der Waals surface area contributed by atoms with Gasteiger partial charge in [0, 0.05) is 5.54 Å². The summed E-state index contributed by atoms with van der Waals surface area (Å²) in [5.74, 6) is 0.901. The largest absolute Gasteiger partial charge is 0.304 e. The molecule has 14 heavy (non-hydrogen) atoms. The van der Waals surface area contributed by atoms with E-state index in [9.17, 15) is 0 Å². The van der Waals surface area contributed by atoms with Crippen LogP contribution in [-0.2, 0) is 0 Å². The minimum absolute atomic E-state index is 0.386. The quantitative estimate of drug-likeness (QED) is 0.652. The summed E-state index contributed by atoms with van der Waals surface area (Å²) in [4.78, 5) is 2.40. The van der Waals surface area contributed by atoms with Gasteiger partial charge in [-0.25, -0.2) is 0 Å². The van der Waals surface area contributed by atoms with E-state index in [2.05, 4.69) is 32.8 Å². The molecule has 1 nitrogen and oxygen atoms in total. The van der Waals surface area contributed by atoms with E-state index in [1.165, 1.54) is 44.9 Å². The van der Waals surface area contributed by atoms with Crippen LogP contribution in [0.3, 0.4) is 0 Å². The van der Waals surface area contributed by atoms with Crippen molar-refractivity contribution in [1.82, 2.24) is 4.90 Å². The van der Waals surface area contributed by atoms with Crippen LogP contribution in [0.1, 0.15) is 58.8 Å². The Labute approximate surface area is 89.9 Å². The first kappa shape index (κ1) is 12.0. The summed E-state index contributed by atoms with van der Waals surface area (Å²) in [7, 11) is 4.44. The van der Waals surface area contributed by atoms with Gasteiger partial charge in [0.1, 0.15) is 0 Å². The van der Waals surface area contributed by atoms with Crippen molar-refractivity contribution in [2.24, 2.45) is 5.92 Å². The molecule has 0 radical (unpaired) electrons. The van der Waals surface area contributed by atoms with E-state index < -0.39 is 0 Å². The molecule has 0 amide bonds. The van der Waals surface area contributed by atoms with Crippen LogP contribution in [0.25, 0.3) is 0 Å². The Hall–Kier alpha value is -0.0400. The standard InChI is InChI=1S/C13H27N/c1-13(2,14(3)4)12-10-8-6-5-7-9-11-12/h12H,5-11H2,1-4H3. The van der Waals surface area contributed by atoms with Crippen LogP contribution in [0.5, 0.6) is 0 Å². The maximum atomic E-state index is 2.40. The molecule has 84 valence electrons. The topological polar surface area (TPSA) is 3.24 Å². The molecule has 0 aromatic rings. The van der Waals surface area contributed by atoms with E-state index in [4.69, 9.17) is 0 Å². The van der Waals surface area contributed by atoms with Gasteiger partial charge in [0.25, 0.3) is 0 Å². The Morgan fingerprint density at radius 3 is 1.71 bits per heavy atom. The van der Waals surface area contributed by atoms with E-state index in [1.54, 1.807) is 0 Å². The van der Waals surface area contributed by atoms with E-state index in [0.717, 1.165) is 5.92 Å². The SMILES string of the molecule is CN(C)C(C)(C)C1CCCCCCC1. The fraction of sp³-hybridized carbons (Fsp3) is 1.00. The first-order valence-electron chi connectivity index (χ1n) is 6.22. The maximum Gasteiger partial charge on any atom is 0.0175 e. The van der Waals surface area contributed by atoms with Gasteiger partial charge in [0.05, 0.1) is 0 Å². The molecule has 1 aliphatic rings. The average molecular weight is 197 g/mol. The summed E-state index contributed by atoms with van der Waals surface area (Å²) < 4.78 is 0. The number of hydrogen-bond acceptors (Lipinski definition) is 1. The molecular formula is C13H27N. The third-order valence-electron chi connectivity index (χ3n) is 4.26. The Morgan fingerprint density at radius 2 is 1.29 bits per heavy atom. The van der Waals surface area contributed by atoms with Crippen LogP contribution >= 0.6 is 0 Å². The molecule has 0 saturated heterocycles. The summed E-state index contributed by atoms with van der Waals surface area (Å²) in [6.45, 7) is 4.80. The van der Waals surface area contributed by atoms with Crippen LogP contribution in [-0.4, -0.2) is 24.5 Å². The van der Waals surface area contributed by atoms with Gasteiger partial charge in [-0.1, -0.05) is 32.1 Å². The lowest BCUT2D eigenvalue weighted by Gasteiger charge is -2.41. The summed E-state index contributed by atoms with van der Waals surface area (Å²) in [5.41, 5.74) is 0.386. The fourth-order valence-corrected chi connectivity index (χ4v) is 2.53. The van der Waals surface area contributed by atoms with Crippen LogP contribution in [0, 0.1) is 5.92 Å². The van der Waals surface area contributed by atoms with Crippen molar-refractivity contribution < 1.29 is 0 Å². The van der Waals surface area contributed by atoms with Gasteiger partial charge in [-0.05, 0) is 46.7 Å². The zero-order chi connectivity index (χ0) is 10.6. The van der Waals surface area contributed by atoms with Crippen LogP contribution < -0.4 is 0 Å². The van der Waals surface area contributed by atoms with Crippen molar-refractivity contribution in [3.63, 3.8) is 0 Å². The van der Waals surface area contributed by atoms with Crippen molar-refractivity contribution in [2.75, 3.05) is 14.1 Å². The molecule has 0 bridgehead atoms. The predicted molar refractivity (Wildman–Crippen MR) is 63.6 cm³/mol. The van der Waals surface area contributed by atoms with Gasteiger partial charge >= 0.3 is 0 Å². The first-order chi connectivity index (χ1) is 6.55. The van der Waals surface area contributed by atoms with Crippen molar-refractivity contribution >= 4 is 0 Å². The molecule has 1 aliphatic carbocycles. The number of hydrogen-bond donors (Lipinski definition) is 0. The molecule has 0 unspecified atom stereocenters. The Morgan fingerprint density at radius 1 is 0.857 bits per heavy atom.